The van der Waals surface area contributed by atoms with Crippen LogP contribution in [0.1, 0.15) is 19.3 Å². The molecular formula is C14H18F3N3O2. The van der Waals surface area contributed by atoms with Gasteiger partial charge in [-0.15, -0.1) is 13.2 Å². The van der Waals surface area contributed by atoms with Crippen molar-refractivity contribution in [2.24, 2.45) is 10.7 Å². The third-order valence-electron chi connectivity index (χ3n) is 3.12. The summed E-state index contributed by atoms with van der Waals surface area (Å²) in [5, 5.41) is 2.81. The van der Waals surface area contributed by atoms with Gasteiger partial charge in [-0.2, -0.15) is 0 Å². The fraction of sp³-hybridized carbons (Fsp3) is 0.500. The van der Waals surface area contributed by atoms with Crippen molar-refractivity contribution >= 4 is 11.6 Å². The number of ether oxygens (including phenoxy) is 2. The standard InChI is InChI=1S/C14H18F3N3O2/c15-14(16,17)22-12-5-3-10(4-6-12)20-13(18)19-8-7-11-2-1-9-21-11/h3-6,11H,1-2,7-9H2,(H3,18,19,20). The van der Waals surface area contributed by atoms with Crippen molar-refractivity contribution in [3.63, 3.8) is 0 Å². The molecule has 1 aromatic carbocycles. The summed E-state index contributed by atoms with van der Waals surface area (Å²) in [4.78, 5) is 4.16. The summed E-state index contributed by atoms with van der Waals surface area (Å²) in [6, 6.07) is 5.28. The summed E-state index contributed by atoms with van der Waals surface area (Å²) >= 11 is 0. The normalized spacial score (nSPS) is 19.2. The molecular weight excluding hydrogens is 299 g/mol. The molecule has 1 unspecified atom stereocenters. The van der Waals surface area contributed by atoms with Crippen molar-refractivity contribution < 1.29 is 22.6 Å². The van der Waals surface area contributed by atoms with Gasteiger partial charge < -0.3 is 20.5 Å². The highest BCUT2D eigenvalue weighted by molar-refractivity contribution is 5.92. The lowest BCUT2D eigenvalue weighted by atomic mass is 10.2. The molecule has 22 heavy (non-hydrogen) atoms. The monoisotopic (exact) mass is 317 g/mol. The fourth-order valence-corrected chi connectivity index (χ4v) is 2.13. The van der Waals surface area contributed by atoms with E-state index in [1.165, 1.54) is 24.3 Å². The maximum atomic E-state index is 12.0. The molecule has 0 amide bonds. The second kappa shape index (κ2) is 7.35. The summed E-state index contributed by atoms with van der Waals surface area (Å²) in [5.74, 6) is -0.0746. The van der Waals surface area contributed by atoms with Crippen LogP contribution in [0.4, 0.5) is 18.9 Å². The molecule has 8 heteroatoms. The number of anilines is 1. The Hall–Kier alpha value is -1.96. The van der Waals surface area contributed by atoms with Crippen molar-refractivity contribution in [2.45, 2.75) is 31.7 Å². The Labute approximate surface area is 126 Å². The summed E-state index contributed by atoms with van der Waals surface area (Å²) in [7, 11) is 0. The summed E-state index contributed by atoms with van der Waals surface area (Å²) in [5.41, 5.74) is 6.25. The molecule has 0 aromatic heterocycles. The first-order valence-corrected chi connectivity index (χ1v) is 6.97. The van der Waals surface area contributed by atoms with Crippen molar-refractivity contribution in [2.75, 3.05) is 18.5 Å². The SMILES string of the molecule is NC(=NCCC1CCCO1)Nc1ccc(OC(F)(F)F)cc1. The molecule has 2 rings (SSSR count). The Morgan fingerprint density at radius 1 is 1.36 bits per heavy atom. The van der Waals surface area contributed by atoms with Gasteiger partial charge in [0.1, 0.15) is 5.75 Å². The smallest absolute Gasteiger partial charge is 0.406 e. The largest absolute Gasteiger partial charge is 0.573 e. The van der Waals surface area contributed by atoms with Crippen LogP contribution in [0.3, 0.4) is 0 Å². The number of nitrogens with one attached hydrogen (secondary N) is 1. The third kappa shape index (κ3) is 5.80. The van der Waals surface area contributed by atoms with Crippen molar-refractivity contribution in [3.8, 4) is 5.75 Å². The lowest BCUT2D eigenvalue weighted by molar-refractivity contribution is -0.274. The zero-order valence-electron chi connectivity index (χ0n) is 11.9. The highest BCUT2D eigenvalue weighted by Crippen LogP contribution is 2.23. The highest BCUT2D eigenvalue weighted by Gasteiger charge is 2.30. The fourth-order valence-electron chi connectivity index (χ4n) is 2.13. The lowest BCUT2D eigenvalue weighted by Crippen LogP contribution is -2.23. The van der Waals surface area contributed by atoms with Crippen LogP contribution >= 0.6 is 0 Å². The molecule has 1 aliphatic heterocycles. The van der Waals surface area contributed by atoms with E-state index < -0.39 is 6.36 Å². The van der Waals surface area contributed by atoms with Gasteiger partial charge in [-0.05, 0) is 43.5 Å². The third-order valence-corrected chi connectivity index (χ3v) is 3.12. The van der Waals surface area contributed by atoms with Crippen molar-refractivity contribution in [3.05, 3.63) is 24.3 Å². The molecule has 0 aliphatic carbocycles. The number of aliphatic imine (C=N–C) groups is 1. The Balaban J connectivity index is 1.79. The zero-order chi connectivity index (χ0) is 16.0. The van der Waals surface area contributed by atoms with Gasteiger partial charge in [0.25, 0.3) is 0 Å². The van der Waals surface area contributed by atoms with Crippen LogP contribution in [0.2, 0.25) is 0 Å². The number of nitrogens with zero attached hydrogens (tertiary/aromatic N) is 1. The molecule has 0 radical (unpaired) electrons. The first kappa shape index (κ1) is 16.4. The Bertz CT molecular complexity index is 497. The van der Waals surface area contributed by atoms with E-state index in [2.05, 4.69) is 15.0 Å². The number of rotatable bonds is 5. The van der Waals surface area contributed by atoms with Crippen LogP contribution in [0.5, 0.6) is 5.75 Å². The average Bonchev–Trinajstić information content (AvgIpc) is 2.92. The molecule has 122 valence electrons. The minimum atomic E-state index is -4.70. The molecule has 0 bridgehead atoms. The highest BCUT2D eigenvalue weighted by atomic mass is 19.4. The van der Waals surface area contributed by atoms with E-state index in [-0.39, 0.29) is 17.8 Å². The number of benzene rings is 1. The maximum Gasteiger partial charge on any atom is 0.573 e. The summed E-state index contributed by atoms with van der Waals surface area (Å²) in [6.07, 6.45) is -1.52. The molecule has 3 N–H and O–H groups in total. The van der Waals surface area contributed by atoms with Gasteiger partial charge in [0.15, 0.2) is 5.96 Å². The van der Waals surface area contributed by atoms with Gasteiger partial charge in [0.2, 0.25) is 0 Å². The van der Waals surface area contributed by atoms with E-state index in [0.29, 0.717) is 12.2 Å². The molecule has 5 nitrogen and oxygen atoms in total. The minimum absolute atomic E-state index is 0.211. The van der Waals surface area contributed by atoms with Crippen molar-refractivity contribution in [1.82, 2.24) is 0 Å². The Morgan fingerprint density at radius 2 is 2.09 bits per heavy atom. The molecule has 1 aliphatic rings. The molecule has 1 heterocycles. The quantitative estimate of drug-likeness (QED) is 0.647. The lowest BCUT2D eigenvalue weighted by Gasteiger charge is -2.10. The number of hydrogen-bond acceptors (Lipinski definition) is 3. The van der Waals surface area contributed by atoms with Gasteiger partial charge in [-0.3, -0.25) is 4.99 Å². The number of hydrogen-bond donors (Lipinski definition) is 2. The number of alkyl halides is 3. The number of nitrogens with two attached hydrogens (primary N) is 1. The maximum absolute atomic E-state index is 12.0. The molecule has 1 atom stereocenters. The topological polar surface area (TPSA) is 68.9 Å². The van der Waals surface area contributed by atoms with Gasteiger partial charge in [0, 0.05) is 18.8 Å². The molecule has 1 fully saturated rings. The second-order valence-corrected chi connectivity index (χ2v) is 4.89. The number of guanidine groups is 1. The van der Waals surface area contributed by atoms with E-state index in [1.54, 1.807) is 0 Å². The Morgan fingerprint density at radius 3 is 2.68 bits per heavy atom. The predicted octanol–water partition coefficient (Wildman–Crippen LogP) is 2.88. The van der Waals surface area contributed by atoms with Gasteiger partial charge in [-0.25, -0.2) is 0 Å². The van der Waals surface area contributed by atoms with Crippen LogP contribution in [-0.2, 0) is 4.74 Å². The van der Waals surface area contributed by atoms with Crippen molar-refractivity contribution in [1.29, 1.82) is 0 Å². The van der Waals surface area contributed by atoms with Gasteiger partial charge in [-0.1, -0.05) is 0 Å². The van der Waals surface area contributed by atoms with Crippen LogP contribution in [0.15, 0.2) is 29.3 Å². The molecule has 1 saturated heterocycles. The van der Waals surface area contributed by atoms with Gasteiger partial charge in [0.05, 0.1) is 6.10 Å². The van der Waals surface area contributed by atoms with E-state index in [0.717, 1.165) is 25.9 Å². The minimum Gasteiger partial charge on any atom is -0.406 e. The molecule has 0 saturated carbocycles. The predicted molar refractivity (Wildman–Crippen MR) is 76.8 cm³/mol. The van der Waals surface area contributed by atoms with Crippen LogP contribution in [-0.4, -0.2) is 31.6 Å². The Kier molecular flexibility index (Phi) is 5.48. The molecule has 0 spiro atoms. The molecule has 1 aromatic rings. The van der Waals surface area contributed by atoms with E-state index in [4.69, 9.17) is 10.5 Å². The van der Waals surface area contributed by atoms with Crippen LogP contribution in [0.25, 0.3) is 0 Å². The van der Waals surface area contributed by atoms with E-state index in [9.17, 15) is 13.2 Å². The van der Waals surface area contributed by atoms with E-state index >= 15 is 0 Å². The first-order valence-electron chi connectivity index (χ1n) is 6.97. The summed E-state index contributed by atoms with van der Waals surface area (Å²) in [6.45, 7) is 1.34. The first-order chi connectivity index (χ1) is 10.4. The van der Waals surface area contributed by atoms with E-state index in [1.807, 2.05) is 0 Å². The van der Waals surface area contributed by atoms with Crippen LogP contribution in [0, 0.1) is 0 Å². The van der Waals surface area contributed by atoms with Gasteiger partial charge >= 0.3 is 6.36 Å². The zero-order valence-corrected chi connectivity index (χ0v) is 11.9. The average molecular weight is 317 g/mol. The van der Waals surface area contributed by atoms with Crippen LogP contribution < -0.4 is 15.8 Å². The number of halogens is 3. The summed E-state index contributed by atoms with van der Waals surface area (Å²) < 4.78 is 45.3. The second-order valence-electron chi connectivity index (χ2n) is 4.89.